The molecule has 0 aromatic heterocycles. The minimum atomic E-state index is -2.64. The molecule has 0 atom stereocenters. The molecule has 0 aliphatic rings. The van der Waals surface area contributed by atoms with Crippen LogP contribution < -0.4 is 0 Å². The minimum Gasteiger partial charge on any atom is -0.340 e. The highest BCUT2D eigenvalue weighted by Crippen LogP contribution is 2.13. The molecule has 0 saturated carbocycles. The Labute approximate surface area is 131 Å². The highest BCUT2D eigenvalue weighted by molar-refractivity contribution is 4.87. The van der Waals surface area contributed by atoms with Crippen LogP contribution in [0, 0.1) is 0 Å². The van der Waals surface area contributed by atoms with E-state index in [1.165, 1.54) is 77.0 Å². The lowest BCUT2D eigenvalue weighted by Gasteiger charge is -2.06. The second-order valence-corrected chi connectivity index (χ2v) is 6.12. The molecule has 0 aliphatic carbocycles. The zero-order valence-electron chi connectivity index (χ0n) is 13.9. The van der Waals surface area contributed by atoms with Gasteiger partial charge in [-0.25, -0.2) is 0 Å². The molecule has 0 spiro atoms. The fourth-order valence-electron chi connectivity index (χ4n) is 2.52. The van der Waals surface area contributed by atoms with Gasteiger partial charge >= 0.3 is 0 Å². The first-order valence-corrected chi connectivity index (χ1v) is 8.91. The summed E-state index contributed by atoms with van der Waals surface area (Å²) in [5.41, 5.74) is 0. The Hall–Kier alpha value is -0.380. The monoisotopic (exact) mass is 300 g/mol. The quantitative estimate of drug-likeness (QED) is 0.234. The Morgan fingerprint density at radius 1 is 0.619 bits per heavy atom. The molecule has 3 N–H and O–H groups in total. The fraction of sp³-hybridized carbons (Fsp3) is 0.889. The zero-order chi connectivity index (χ0) is 15.8. The van der Waals surface area contributed by atoms with Crippen LogP contribution in [0.2, 0.25) is 0 Å². The summed E-state index contributed by atoms with van der Waals surface area (Å²) >= 11 is 0. The third-order valence-corrected chi connectivity index (χ3v) is 3.82. The van der Waals surface area contributed by atoms with Gasteiger partial charge in [0.15, 0.2) is 0 Å². The SMILES string of the molecule is CCCCCCCCCCCCCCCC=CC(O)(O)O. The highest BCUT2D eigenvalue weighted by Gasteiger charge is 2.10. The Bertz CT molecular complexity index is 231. The number of aliphatic hydroxyl groups is 3. The van der Waals surface area contributed by atoms with E-state index in [2.05, 4.69) is 6.92 Å². The first-order chi connectivity index (χ1) is 10.1. The molecule has 0 radical (unpaired) electrons. The van der Waals surface area contributed by atoms with Gasteiger partial charge in [0.05, 0.1) is 0 Å². The molecule has 0 rings (SSSR count). The third-order valence-electron chi connectivity index (χ3n) is 3.82. The van der Waals surface area contributed by atoms with Crippen LogP contribution in [0.5, 0.6) is 0 Å². The summed E-state index contributed by atoms with van der Waals surface area (Å²) in [7, 11) is 0. The Kier molecular flexibility index (Phi) is 14.3. The van der Waals surface area contributed by atoms with Gasteiger partial charge in [0, 0.05) is 0 Å². The van der Waals surface area contributed by atoms with Crippen molar-refractivity contribution in [3.63, 3.8) is 0 Å². The zero-order valence-corrected chi connectivity index (χ0v) is 13.9. The summed E-state index contributed by atoms with van der Waals surface area (Å²) in [5.74, 6) is -2.64. The molecule has 0 bridgehead atoms. The van der Waals surface area contributed by atoms with Crippen molar-refractivity contribution < 1.29 is 15.3 Å². The standard InChI is InChI=1S/C18H36O3/c1-2-3-4-5-6-7-8-9-10-11-12-13-14-15-16-17-18(19,20)21/h16-17,19-21H,2-15H2,1H3. The Morgan fingerprint density at radius 2 is 1.00 bits per heavy atom. The van der Waals surface area contributed by atoms with Crippen molar-refractivity contribution in [2.45, 2.75) is 103 Å². The van der Waals surface area contributed by atoms with Crippen molar-refractivity contribution in [1.29, 1.82) is 0 Å². The molecule has 21 heavy (non-hydrogen) atoms. The second kappa shape index (κ2) is 14.6. The van der Waals surface area contributed by atoms with Crippen LogP contribution in [0.25, 0.3) is 0 Å². The normalized spacial score (nSPS) is 12.4. The third kappa shape index (κ3) is 19.6. The molecule has 3 nitrogen and oxygen atoms in total. The van der Waals surface area contributed by atoms with Gasteiger partial charge in [-0.2, -0.15) is 0 Å². The molecule has 0 aliphatic heterocycles. The summed E-state index contributed by atoms with van der Waals surface area (Å²) < 4.78 is 0. The van der Waals surface area contributed by atoms with Crippen LogP contribution in [0.1, 0.15) is 96.8 Å². The molecule has 0 fully saturated rings. The van der Waals surface area contributed by atoms with Gasteiger partial charge in [0.1, 0.15) is 0 Å². The molecule has 0 unspecified atom stereocenters. The topological polar surface area (TPSA) is 60.7 Å². The predicted octanol–water partition coefficient (Wildman–Crippen LogP) is 4.65. The van der Waals surface area contributed by atoms with E-state index < -0.39 is 5.97 Å². The van der Waals surface area contributed by atoms with Gasteiger partial charge < -0.3 is 15.3 Å². The van der Waals surface area contributed by atoms with E-state index in [-0.39, 0.29) is 0 Å². The maximum Gasteiger partial charge on any atom is 0.297 e. The van der Waals surface area contributed by atoms with Crippen molar-refractivity contribution in [3.05, 3.63) is 12.2 Å². The number of unbranched alkanes of at least 4 members (excludes halogenated alkanes) is 13. The fourth-order valence-corrected chi connectivity index (χ4v) is 2.52. The predicted molar refractivity (Wildman–Crippen MR) is 88.8 cm³/mol. The number of hydrogen-bond acceptors (Lipinski definition) is 3. The second-order valence-electron chi connectivity index (χ2n) is 6.12. The average molecular weight is 300 g/mol. The molecule has 0 saturated heterocycles. The van der Waals surface area contributed by atoms with E-state index in [0.717, 1.165) is 18.9 Å². The van der Waals surface area contributed by atoms with Gasteiger partial charge in [0.2, 0.25) is 0 Å². The smallest absolute Gasteiger partial charge is 0.297 e. The van der Waals surface area contributed by atoms with Crippen molar-refractivity contribution in [1.82, 2.24) is 0 Å². The van der Waals surface area contributed by atoms with E-state index in [4.69, 9.17) is 15.3 Å². The Morgan fingerprint density at radius 3 is 1.38 bits per heavy atom. The number of allylic oxidation sites excluding steroid dienone is 1. The molecule has 0 heterocycles. The van der Waals surface area contributed by atoms with Crippen molar-refractivity contribution in [2.24, 2.45) is 0 Å². The number of rotatable bonds is 15. The van der Waals surface area contributed by atoms with Crippen molar-refractivity contribution in [2.75, 3.05) is 0 Å². The molecule has 0 aromatic rings. The molecular weight excluding hydrogens is 264 g/mol. The van der Waals surface area contributed by atoms with Crippen LogP contribution in [0.3, 0.4) is 0 Å². The summed E-state index contributed by atoms with van der Waals surface area (Å²) in [6.07, 6.45) is 20.7. The molecule has 0 amide bonds. The van der Waals surface area contributed by atoms with E-state index in [9.17, 15) is 0 Å². The van der Waals surface area contributed by atoms with Crippen LogP contribution in [0.15, 0.2) is 12.2 Å². The number of hydrogen-bond donors (Lipinski definition) is 3. The average Bonchev–Trinajstić information content (AvgIpc) is 2.42. The lowest BCUT2D eigenvalue weighted by Crippen LogP contribution is -2.23. The van der Waals surface area contributed by atoms with Gasteiger partial charge in [-0.3, -0.25) is 0 Å². The largest absolute Gasteiger partial charge is 0.340 e. The van der Waals surface area contributed by atoms with E-state index in [1.54, 1.807) is 6.08 Å². The minimum absolute atomic E-state index is 0.793. The molecular formula is C18H36O3. The van der Waals surface area contributed by atoms with E-state index in [1.807, 2.05) is 0 Å². The van der Waals surface area contributed by atoms with Crippen LogP contribution in [0.4, 0.5) is 0 Å². The Balaban J connectivity index is 3.08. The van der Waals surface area contributed by atoms with Gasteiger partial charge in [-0.15, -0.1) is 0 Å². The van der Waals surface area contributed by atoms with E-state index in [0.29, 0.717) is 0 Å². The van der Waals surface area contributed by atoms with Crippen molar-refractivity contribution >= 4 is 0 Å². The first-order valence-electron chi connectivity index (χ1n) is 8.91. The first kappa shape index (κ1) is 20.6. The summed E-state index contributed by atoms with van der Waals surface area (Å²) in [4.78, 5) is 0. The van der Waals surface area contributed by atoms with Crippen LogP contribution in [-0.2, 0) is 0 Å². The molecule has 0 aromatic carbocycles. The maximum absolute atomic E-state index is 8.65. The lowest BCUT2D eigenvalue weighted by atomic mass is 10.0. The van der Waals surface area contributed by atoms with Crippen LogP contribution >= 0.6 is 0 Å². The summed E-state index contributed by atoms with van der Waals surface area (Å²) in [5, 5.41) is 25.9. The highest BCUT2D eigenvalue weighted by atomic mass is 16.7. The van der Waals surface area contributed by atoms with Crippen LogP contribution in [-0.4, -0.2) is 21.3 Å². The van der Waals surface area contributed by atoms with E-state index >= 15 is 0 Å². The molecule has 126 valence electrons. The summed E-state index contributed by atoms with van der Waals surface area (Å²) in [6, 6.07) is 0. The summed E-state index contributed by atoms with van der Waals surface area (Å²) in [6.45, 7) is 2.26. The maximum atomic E-state index is 8.65. The van der Waals surface area contributed by atoms with Crippen molar-refractivity contribution in [3.8, 4) is 0 Å². The van der Waals surface area contributed by atoms with Gasteiger partial charge in [0.25, 0.3) is 5.97 Å². The molecule has 3 heteroatoms. The van der Waals surface area contributed by atoms with Gasteiger partial charge in [-0.05, 0) is 18.9 Å². The lowest BCUT2D eigenvalue weighted by molar-refractivity contribution is -0.273. The van der Waals surface area contributed by atoms with Gasteiger partial charge in [-0.1, -0.05) is 90.0 Å².